The molecule has 0 N–H and O–H groups in total. The number of benzene rings is 7. The van der Waals surface area contributed by atoms with Crippen molar-refractivity contribution in [3.05, 3.63) is 152 Å². The molecule has 2 aliphatic heterocycles. The zero-order valence-electron chi connectivity index (χ0n) is 24.8. The van der Waals surface area contributed by atoms with Crippen LogP contribution in [0.5, 0.6) is 0 Å². The van der Waals surface area contributed by atoms with Gasteiger partial charge >= 0.3 is 6.85 Å². The number of hydrogen-bond acceptors (Lipinski definition) is 2. The Bertz CT molecular complexity index is 2720. The van der Waals surface area contributed by atoms with Gasteiger partial charge in [-0.15, -0.1) is 11.3 Å². The summed E-state index contributed by atoms with van der Waals surface area (Å²) in [6.07, 6.45) is 0. The van der Waals surface area contributed by atoms with Crippen molar-refractivity contribution in [3.8, 4) is 27.9 Å². The van der Waals surface area contributed by atoms with Gasteiger partial charge in [-0.1, -0.05) is 103 Å². The van der Waals surface area contributed by atoms with Crippen LogP contribution in [0.2, 0.25) is 0 Å². The average Bonchev–Trinajstić information content (AvgIpc) is 3.64. The minimum Gasteiger partial charge on any atom is -0.376 e. The Hall–Kier alpha value is -5.58. The largest absolute Gasteiger partial charge is 0.376 e. The number of aromatic nitrogens is 1. The number of rotatable bonds is 1. The molecule has 7 aromatic carbocycles. The van der Waals surface area contributed by atoms with Gasteiger partial charge in [0.1, 0.15) is 0 Å². The lowest BCUT2D eigenvalue weighted by Crippen LogP contribution is -2.59. The predicted octanol–water partition coefficient (Wildman–Crippen LogP) is 10.1. The fourth-order valence-corrected chi connectivity index (χ4v) is 9.39. The van der Waals surface area contributed by atoms with Gasteiger partial charge in [-0.05, 0) is 70.6 Å². The molecule has 0 saturated carbocycles. The number of para-hydroxylation sites is 2. The second-order valence-corrected chi connectivity index (χ2v) is 13.6. The van der Waals surface area contributed by atoms with Crippen LogP contribution in [0, 0.1) is 0 Å². The first-order chi connectivity index (χ1) is 22.8. The minimum absolute atomic E-state index is 0.0958. The fraction of sp³-hybridized carbons (Fsp3) is 0. The van der Waals surface area contributed by atoms with E-state index in [9.17, 15) is 0 Å². The Morgan fingerprint density at radius 2 is 1.04 bits per heavy atom. The van der Waals surface area contributed by atoms with Gasteiger partial charge in [-0.25, -0.2) is 0 Å². The van der Waals surface area contributed by atoms with Crippen molar-refractivity contribution < 1.29 is 0 Å². The molecule has 0 spiro atoms. The lowest BCUT2D eigenvalue weighted by Gasteiger charge is -2.43. The molecule has 11 rings (SSSR count). The molecule has 2 aliphatic rings. The van der Waals surface area contributed by atoms with Crippen molar-refractivity contribution in [1.82, 2.24) is 4.57 Å². The highest BCUT2D eigenvalue weighted by Crippen LogP contribution is 2.49. The zero-order chi connectivity index (χ0) is 29.9. The molecule has 0 fully saturated rings. The molecule has 212 valence electrons. The van der Waals surface area contributed by atoms with Gasteiger partial charge in [-0.3, -0.25) is 0 Å². The van der Waals surface area contributed by atoms with Crippen LogP contribution in [0.3, 0.4) is 0 Å². The zero-order valence-corrected chi connectivity index (χ0v) is 25.6. The van der Waals surface area contributed by atoms with E-state index in [2.05, 4.69) is 161 Å². The molecule has 2 aromatic heterocycles. The summed E-state index contributed by atoms with van der Waals surface area (Å²) >= 11 is 1.89. The molecule has 0 saturated heterocycles. The summed E-state index contributed by atoms with van der Waals surface area (Å²) < 4.78 is 5.15. The summed E-state index contributed by atoms with van der Waals surface area (Å²) in [6, 6.07) is 56.4. The monoisotopic (exact) mass is 600 g/mol. The van der Waals surface area contributed by atoms with Crippen molar-refractivity contribution in [1.29, 1.82) is 0 Å². The SMILES string of the molecule is c1ccc(-n2c3cc4c(cc3c3cc5sc6ccccc6c5cc32)-c2ccccc2B2c3ccccc3-c3ccccc3N24)cc1. The van der Waals surface area contributed by atoms with Crippen LogP contribution < -0.4 is 15.7 Å². The van der Waals surface area contributed by atoms with Crippen molar-refractivity contribution in [2.75, 3.05) is 4.81 Å². The Morgan fingerprint density at radius 3 is 1.87 bits per heavy atom. The average molecular weight is 601 g/mol. The summed E-state index contributed by atoms with van der Waals surface area (Å²) in [7, 11) is 0. The van der Waals surface area contributed by atoms with Crippen LogP contribution in [-0.4, -0.2) is 11.4 Å². The maximum Gasteiger partial charge on any atom is 0.329 e. The van der Waals surface area contributed by atoms with Crippen molar-refractivity contribution in [2.45, 2.75) is 0 Å². The first-order valence-corrected chi connectivity index (χ1v) is 16.7. The summed E-state index contributed by atoms with van der Waals surface area (Å²) in [5, 5.41) is 5.24. The number of nitrogens with zero attached hydrogens (tertiary/aromatic N) is 2. The van der Waals surface area contributed by atoms with E-state index >= 15 is 0 Å². The van der Waals surface area contributed by atoms with Crippen molar-refractivity contribution >= 4 is 82.5 Å². The van der Waals surface area contributed by atoms with Gasteiger partial charge in [0.15, 0.2) is 0 Å². The van der Waals surface area contributed by atoms with Crippen LogP contribution in [0.4, 0.5) is 11.4 Å². The molecule has 0 unspecified atom stereocenters. The van der Waals surface area contributed by atoms with Crippen LogP contribution in [-0.2, 0) is 0 Å². The van der Waals surface area contributed by atoms with Crippen molar-refractivity contribution in [2.24, 2.45) is 0 Å². The Labute approximate surface area is 270 Å². The molecule has 9 aromatic rings. The first kappa shape index (κ1) is 24.7. The summed E-state index contributed by atoms with van der Waals surface area (Å²) in [6.45, 7) is 0.0958. The lowest BCUT2D eigenvalue weighted by molar-refractivity contribution is 1.18. The third-order valence-corrected chi connectivity index (χ3v) is 11.3. The molecule has 0 aliphatic carbocycles. The Kier molecular flexibility index (Phi) is 4.83. The first-order valence-electron chi connectivity index (χ1n) is 15.9. The molecule has 0 bridgehead atoms. The van der Waals surface area contributed by atoms with E-state index in [1.165, 1.54) is 92.2 Å². The molecular weight excluding hydrogens is 575 g/mol. The van der Waals surface area contributed by atoms with Crippen LogP contribution in [0.15, 0.2) is 152 Å². The molecule has 4 heteroatoms. The number of fused-ring (bicyclic) bond motifs is 17. The topological polar surface area (TPSA) is 8.17 Å². The summed E-state index contributed by atoms with van der Waals surface area (Å²) in [5.74, 6) is 0. The van der Waals surface area contributed by atoms with Crippen LogP contribution in [0.1, 0.15) is 0 Å². The van der Waals surface area contributed by atoms with Crippen LogP contribution in [0.25, 0.3) is 69.9 Å². The standard InChI is InChI=1S/C42H25BN2S/c1-2-12-26(13-3-1)44-38-23-34-30-17-7-11-21-41(30)46-42(34)24-33(38)32-22-31-28-15-5-9-19-36(28)43-35-18-8-4-14-27(35)29-16-6-10-20-37(29)45(43)40(31)25-39(32)44/h1-25H. The quantitative estimate of drug-likeness (QED) is 0.170. The Morgan fingerprint density at radius 1 is 0.413 bits per heavy atom. The van der Waals surface area contributed by atoms with E-state index < -0.39 is 0 Å². The molecule has 0 atom stereocenters. The van der Waals surface area contributed by atoms with Gasteiger partial charge in [0, 0.05) is 59.1 Å². The number of hydrogen-bond donors (Lipinski definition) is 0. The van der Waals surface area contributed by atoms with Crippen LogP contribution >= 0.6 is 11.3 Å². The maximum atomic E-state index is 2.61. The minimum atomic E-state index is 0.0958. The van der Waals surface area contributed by atoms with E-state index in [0.29, 0.717) is 0 Å². The van der Waals surface area contributed by atoms with E-state index in [-0.39, 0.29) is 6.85 Å². The molecule has 0 amide bonds. The molecular formula is C42H25BN2S. The molecule has 4 heterocycles. The van der Waals surface area contributed by atoms with E-state index in [1.54, 1.807) is 0 Å². The second-order valence-electron chi connectivity index (χ2n) is 12.5. The predicted molar refractivity (Wildman–Crippen MR) is 198 cm³/mol. The van der Waals surface area contributed by atoms with Gasteiger partial charge in [0.05, 0.1) is 11.0 Å². The third-order valence-electron chi connectivity index (χ3n) is 10.2. The second kappa shape index (κ2) is 9.00. The normalized spacial score (nSPS) is 13.1. The highest BCUT2D eigenvalue weighted by Gasteiger charge is 2.42. The Balaban J connectivity index is 1.30. The number of anilines is 2. The van der Waals surface area contributed by atoms with Gasteiger partial charge < -0.3 is 9.38 Å². The van der Waals surface area contributed by atoms with E-state index in [1.807, 2.05) is 11.3 Å². The van der Waals surface area contributed by atoms with Gasteiger partial charge in [0.25, 0.3) is 0 Å². The van der Waals surface area contributed by atoms with Crippen molar-refractivity contribution in [3.63, 3.8) is 0 Å². The van der Waals surface area contributed by atoms with Gasteiger partial charge in [0.2, 0.25) is 0 Å². The highest BCUT2D eigenvalue weighted by atomic mass is 32.1. The summed E-state index contributed by atoms with van der Waals surface area (Å²) in [4.78, 5) is 2.61. The molecule has 0 radical (unpaired) electrons. The smallest absolute Gasteiger partial charge is 0.329 e. The lowest BCUT2D eigenvalue weighted by atomic mass is 9.43. The number of thiophene rings is 1. The fourth-order valence-electron chi connectivity index (χ4n) is 8.27. The molecule has 46 heavy (non-hydrogen) atoms. The van der Waals surface area contributed by atoms with E-state index in [0.717, 1.165) is 0 Å². The van der Waals surface area contributed by atoms with E-state index in [4.69, 9.17) is 0 Å². The third kappa shape index (κ3) is 3.16. The highest BCUT2D eigenvalue weighted by molar-refractivity contribution is 7.25. The summed E-state index contributed by atoms with van der Waals surface area (Å²) in [5.41, 5.74) is 14.1. The van der Waals surface area contributed by atoms with Gasteiger partial charge in [-0.2, -0.15) is 0 Å². The molecule has 2 nitrogen and oxygen atoms in total. The maximum absolute atomic E-state index is 2.61.